The Labute approximate surface area is 93.3 Å². The summed E-state index contributed by atoms with van der Waals surface area (Å²) in [4.78, 5) is 0. The molecule has 2 N–H and O–H groups in total. The zero-order valence-corrected chi connectivity index (χ0v) is 9.63. The van der Waals surface area contributed by atoms with Gasteiger partial charge < -0.3 is 15.4 Å². The summed E-state index contributed by atoms with van der Waals surface area (Å²) in [6.45, 7) is 9.76. The van der Waals surface area contributed by atoms with Gasteiger partial charge in [-0.05, 0) is 44.8 Å². The Morgan fingerprint density at radius 2 is 2.13 bits per heavy atom. The van der Waals surface area contributed by atoms with Crippen molar-refractivity contribution >= 4 is 0 Å². The maximum Gasteiger partial charge on any atom is 0.0591 e. The van der Waals surface area contributed by atoms with Crippen molar-refractivity contribution in [3.05, 3.63) is 12.7 Å². The highest BCUT2D eigenvalue weighted by molar-refractivity contribution is 4.70. The van der Waals surface area contributed by atoms with Crippen LogP contribution in [0.25, 0.3) is 0 Å². The van der Waals surface area contributed by atoms with Gasteiger partial charge in [-0.2, -0.15) is 0 Å². The lowest BCUT2D eigenvalue weighted by molar-refractivity contribution is 0.139. The van der Waals surface area contributed by atoms with Crippen molar-refractivity contribution in [3.8, 4) is 0 Å². The fourth-order valence-electron chi connectivity index (χ4n) is 1.81. The molecule has 1 saturated heterocycles. The number of hydrogen-bond donors (Lipinski definition) is 2. The minimum absolute atomic E-state index is 0.804. The van der Waals surface area contributed by atoms with Crippen LogP contribution in [0.4, 0.5) is 0 Å². The number of piperidine rings is 1. The monoisotopic (exact) mass is 212 g/mol. The van der Waals surface area contributed by atoms with Crippen LogP contribution in [0.1, 0.15) is 19.3 Å². The quantitative estimate of drug-likeness (QED) is 0.468. The fourth-order valence-corrected chi connectivity index (χ4v) is 1.81. The smallest absolute Gasteiger partial charge is 0.0591 e. The van der Waals surface area contributed by atoms with E-state index in [1.165, 1.54) is 25.9 Å². The van der Waals surface area contributed by atoms with Crippen molar-refractivity contribution in [1.82, 2.24) is 10.6 Å². The Hall–Kier alpha value is -0.380. The van der Waals surface area contributed by atoms with Crippen LogP contribution >= 0.6 is 0 Å². The van der Waals surface area contributed by atoms with E-state index in [4.69, 9.17) is 4.74 Å². The molecule has 0 aromatic rings. The molecule has 3 nitrogen and oxygen atoms in total. The van der Waals surface area contributed by atoms with Gasteiger partial charge in [-0.1, -0.05) is 6.08 Å². The number of hydrogen-bond acceptors (Lipinski definition) is 3. The highest BCUT2D eigenvalue weighted by atomic mass is 16.5. The van der Waals surface area contributed by atoms with Gasteiger partial charge in [-0.15, -0.1) is 6.58 Å². The standard InChI is InChI=1S/C12H24N2O/c1-2-3-9-15-10-8-14-11-12-4-6-13-7-5-12/h2,12-14H,1,3-11H2. The second-order valence-electron chi connectivity index (χ2n) is 4.09. The summed E-state index contributed by atoms with van der Waals surface area (Å²) in [7, 11) is 0. The topological polar surface area (TPSA) is 33.3 Å². The van der Waals surface area contributed by atoms with E-state index in [9.17, 15) is 0 Å². The zero-order valence-electron chi connectivity index (χ0n) is 9.63. The Bertz CT molecular complexity index is 156. The molecule has 0 atom stereocenters. The summed E-state index contributed by atoms with van der Waals surface area (Å²) in [5.41, 5.74) is 0. The molecule has 0 unspecified atom stereocenters. The van der Waals surface area contributed by atoms with Crippen LogP contribution < -0.4 is 10.6 Å². The molecule has 0 radical (unpaired) electrons. The first-order valence-electron chi connectivity index (χ1n) is 6.03. The SMILES string of the molecule is C=CCCOCCNCC1CCNCC1. The molecule has 1 aliphatic rings. The van der Waals surface area contributed by atoms with Crippen molar-refractivity contribution < 1.29 is 4.74 Å². The Morgan fingerprint density at radius 3 is 2.87 bits per heavy atom. The normalized spacial score (nSPS) is 17.9. The van der Waals surface area contributed by atoms with Crippen LogP contribution in [0.2, 0.25) is 0 Å². The third-order valence-electron chi connectivity index (χ3n) is 2.78. The summed E-state index contributed by atoms with van der Waals surface area (Å²) in [5.74, 6) is 0.861. The molecule has 15 heavy (non-hydrogen) atoms. The Balaban J connectivity index is 1.81. The van der Waals surface area contributed by atoms with Crippen LogP contribution in [0.3, 0.4) is 0 Å². The van der Waals surface area contributed by atoms with Gasteiger partial charge in [-0.3, -0.25) is 0 Å². The van der Waals surface area contributed by atoms with Crippen LogP contribution in [-0.4, -0.2) is 39.4 Å². The van der Waals surface area contributed by atoms with Gasteiger partial charge in [0.05, 0.1) is 13.2 Å². The molecular weight excluding hydrogens is 188 g/mol. The van der Waals surface area contributed by atoms with Gasteiger partial charge in [0.15, 0.2) is 0 Å². The predicted octanol–water partition coefficient (Wildman–Crippen LogP) is 1.17. The predicted molar refractivity (Wildman–Crippen MR) is 64.1 cm³/mol. The van der Waals surface area contributed by atoms with Crippen LogP contribution in [0, 0.1) is 5.92 Å². The average molecular weight is 212 g/mol. The average Bonchev–Trinajstić information content (AvgIpc) is 2.29. The van der Waals surface area contributed by atoms with Crippen molar-refractivity contribution in [1.29, 1.82) is 0 Å². The molecule has 0 aromatic carbocycles. The lowest BCUT2D eigenvalue weighted by Crippen LogP contribution is -2.34. The van der Waals surface area contributed by atoms with Gasteiger partial charge >= 0.3 is 0 Å². The molecule has 0 saturated carbocycles. The van der Waals surface area contributed by atoms with Crippen LogP contribution in [0.15, 0.2) is 12.7 Å². The largest absolute Gasteiger partial charge is 0.380 e. The van der Waals surface area contributed by atoms with Crippen LogP contribution in [-0.2, 0) is 4.74 Å². The van der Waals surface area contributed by atoms with E-state index in [0.717, 1.165) is 38.6 Å². The molecule has 0 aliphatic carbocycles. The third kappa shape index (κ3) is 6.66. The van der Waals surface area contributed by atoms with Crippen molar-refractivity contribution in [3.63, 3.8) is 0 Å². The van der Waals surface area contributed by atoms with E-state index < -0.39 is 0 Å². The molecular formula is C12H24N2O. The molecule has 1 aliphatic heterocycles. The van der Waals surface area contributed by atoms with Crippen molar-refractivity contribution in [2.75, 3.05) is 39.4 Å². The van der Waals surface area contributed by atoms with E-state index >= 15 is 0 Å². The zero-order chi connectivity index (χ0) is 10.8. The molecule has 88 valence electrons. The minimum Gasteiger partial charge on any atom is -0.380 e. The molecule has 0 bridgehead atoms. The second kappa shape index (κ2) is 8.89. The first-order valence-corrected chi connectivity index (χ1v) is 6.03. The fraction of sp³-hybridized carbons (Fsp3) is 0.833. The molecule has 0 aromatic heterocycles. The highest BCUT2D eigenvalue weighted by Gasteiger charge is 2.11. The number of ether oxygens (including phenoxy) is 1. The van der Waals surface area contributed by atoms with E-state index in [2.05, 4.69) is 17.2 Å². The summed E-state index contributed by atoms with van der Waals surface area (Å²) in [5, 5.41) is 6.83. The Morgan fingerprint density at radius 1 is 1.33 bits per heavy atom. The lowest BCUT2D eigenvalue weighted by atomic mass is 9.98. The molecule has 3 heteroatoms. The van der Waals surface area contributed by atoms with E-state index in [1.54, 1.807) is 0 Å². The third-order valence-corrected chi connectivity index (χ3v) is 2.78. The second-order valence-corrected chi connectivity index (χ2v) is 4.09. The van der Waals surface area contributed by atoms with Gasteiger partial charge in [0, 0.05) is 6.54 Å². The lowest BCUT2D eigenvalue weighted by Gasteiger charge is -2.22. The molecule has 1 rings (SSSR count). The molecule has 0 amide bonds. The highest BCUT2D eigenvalue weighted by Crippen LogP contribution is 2.09. The number of rotatable bonds is 8. The van der Waals surface area contributed by atoms with Gasteiger partial charge in [0.1, 0.15) is 0 Å². The van der Waals surface area contributed by atoms with E-state index in [-0.39, 0.29) is 0 Å². The number of nitrogens with one attached hydrogen (secondary N) is 2. The van der Waals surface area contributed by atoms with Gasteiger partial charge in [-0.25, -0.2) is 0 Å². The van der Waals surface area contributed by atoms with E-state index in [1.807, 2.05) is 6.08 Å². The maximum absolute atomic E-state index is 5.42. The summed E-state index contributed by atoms with van der Waals surface area (Å²) in [6, 6.07) is 0. The first kappa shape index (κ1) is 12.7. The molecule has 1 fully saturated rings. The minimum atomic E-state index is 0.804. The maximum atomic E-state index is 5.42. The van der Waals surface area contributed by atoms with Crippen molar-refractivity contribution in [2.45, 2.75) is 19.3 Å². The summed E-state index contributed by atoms with van der Waals surface area (Å²) < 4.78 is 5.42. The molecule has 1 heterocycles. The first-order chi connectivity index (χ1) is 7.43. The Kier molecular flexibility index (Phi) is 7.52. The van der Waals surface area contributed by atoms with E-state index in [0.29, 0.717) is 0 Å². The summed E-state index contributed by atoms with van der Waals surface area (Å²) >= 11 is 0. The molecule has 0 spiro atoms. The van der Waals surface area contributed by atoms with Gasteiger partial charge in [0.25, 0.3) is 0 Å². The van der Waals surface area contributed by atoms with Crippen molar-refractivity contribution in [2.24, 2.45) is 5.92 Å². The van der Waals surface area contributed by atoms with Gasteiger partial charge in [0.2, 0.25) is 0 Å². The summed E-state index contributed by atoms with van der Waals surface area (Å²) in [6.07, 6.45) is 5.46. The van der Waals surface area contributed by atoms with Crippen LogP contribution in [0.5, 0.6) is 0 Å².